The first-order valence-corrected chi connectivity index (χ1v) is 13.3. The van der Waals surface area contributed by atoms with Gasteiger partial charge in [0.1, 0.15) is 0 Å². The molecule has 0 spiro atoms. The molecule has 1 aliphatic rings. The number of nitrogens with two attached hydrogens (primary N) is 1. The maximum absolute atomic E-state index is 13.3. The number of carbonyl (C=O) groups excluding carboxylic acids is 2. The fourth-order valence-electron chi connectivity index (χ4n) is 4.74. The number of halogens is 3. The Labute approximate surface area is 232 Å². The second kappa shape index (κ2) is 13.3. The molecule has 4 N–H and O–H groups in total. The minimum Gasteiger partial charge on any atom is -0.397 e. The summed E-state index contributed by atoms with van der Waals surface area (Å²) in [7, 11) is 0. The molecule has 1 fully saturated rings. The summed E-state index contributed by atoms with van der Waals surface area (Å²) < 4.78 is 38.8. The van der Waals surface area contributed by atoms with Crippen LogP contribution in [0.3, 0.4) is 0 Å². The van der Waals surface area contributed by atoms with E-state index in [-0.39, 0.29) is 11.8 Å². The van der Waals surface area contributed by atoms with E-state index in [1.54, 1.807) is 30.3 Å². The van der Waals surface area contributed by atoms with Crippen LogP contribution in [-0.4, -0.2) is 36.3 Å². The SMILES string of the molecule is Nc1ccccc1NC(=O)C=Cc1ccc(C(CCCN2CCCC2)C(=O)Nc2ccc(C(F)(F)F)cc2)cc1. The summed E-state index contributed by atoms with van der Waals surface area (Å²) >= 11 is 0. The van der Waals surface area contributed by atoms with Gasteiger partial charge in [0.15, 0.2) is 0 Å². The van der Waals surface area contributed by atoms with E-state index >= 15 is 0 Å². The number of benzene rings is 3. The Morgan fingerprint density at radius 2 is 1.60 bits per heavy atom. The van der Waals surface area contributed by atoms with Crippen molar-refractivity contribution in [1.29, 1.82) is 0 Å². The molecule has 1 aliphatic heterocycles. The number of hydrogen-bond acceptors (Lipinski definition) is 4. The van der Waals surface area contributed by atoms with Crippen molar-refractivity contribution in [2.45, 2.75) is 37.8 Å². The molecule has 9 heteroatoms. The summed E-state index contributed by atoms with van der Waals surface area (Å²) in [5.74, 6) is -1.07. The van der Waals surface area contributed by atoms with Gasteiger partial charge in [0.25, 0.3) is 0 Å². The first kappa shape index (κ1) is 28.9. The number of nitrogens with zero attached hydrogens (tertiary/aromatic N) is 1. The molecule has 210 valence electrons. The average molecular weight is 551 g/mol. The molecule has 40 heavy (non-hydrogen) atoms. The lowest BCUT2D eigenvalue weighted by molar-refractivity contribution is -0.137. The molecule has 0 radical (unpaired) electrons. The van der Waals surface area contributed by atoms with E-state index in [0.29, 0.717) is 23.5 Å². The second-order valence-electron chi connectivity index (χ2n) is 9.88. The summed E-state index contributed by atoms with van der Waals surface area (Å²) in [5.41, 5.74) is 7.99. The number of hydrogen-bond donors (Lipinski definition) is 3. The van der Waals surface area contributed by atoms with E-state index in [2.05, 4.69) is 15.5 Å². The molecule has 1 saturated heterocycles. The Balaban J connectivity index is 1.43. The molecule has 0 bridgehead atoms. The molecular formula is C31H33F3N4O2. The lowest BCUT2D eigenvalue weighted by Gasteiger charge is -2.20. The lowest BCUT2D eigenvalue weighted by Crippen LogP contribution is -2.24. The third-order valence-electron chi connectivity index (χ3n) is 6.95. The predicted molar refractivity (Wildman–Crippen MR) is 153 cm³/mol. The van der Waals surface area contributed by atoms with Gasteiger partial charge in [0, 0.05) is 11.8 Å². The third-order valence-corrected chi connectivity index (χ3v) is 6.95. The smallest absolute Gasteiger partial charge is 0.397 e. The van der Waals surface area contributed by atoms with Crippen molar-refractivity contribution in [3.63, 3.8) is 0 Å². The number of para-hydroxylation sites is 2. The molecule has 3 aromatic carbocycles. The summed E-state index contributed by atoms with van der Waals surface area (Å²) in [6.07, 6.45) is 2.42. The van der Waals surface area contributed by atoms with Crippen LogP contribution in [-0.2, 0) is 15.8 Å². The van der Waals surface area contributed by atoms with Gasteiger partial charge in [-0.05, 0) is 98.9 Å². The van der Waals surface area contributed by atoms with Gasteiger partial charge in [-0.25, -0.2) is 0 Å². The van der Waals surface area contributed by atoms with E-state index in [4.69, 9.17) is 5.73 Å². The van der Waals surface area contributed by atoms with Crippen molar-refractivity contribution in [2.24, 2.45) is 0 Å². The van der Waals surface area contributed by atoms with Gasteiger partial charge in [0.05, 0.1) is 22.9 Å². The quantitative estimate of drug-likeness (QED) is 0.198. The Hall–Kier alpha value is -4.11. The van der Waals surface area contributed by atoms with Crippen LogP contribution >= 0.6 is 0 Å². The van der Waals surface area contributed by atoms with Crippen LogP contribution in [0.1, 0.15) is 48.3 Å². The standard InChI is InChI=1S/C31H33F3N4O2/c32-31(33,34)24-14-16-25(17-15-24)36-30(40)26(6-5-21-38-19-3-4-20-38)23-12-9-22(10-13-23)11-18-29(39)37-28-8-2-1-7-27(28)35/h1-2,7-18,26H,3-6,19-21,35H2,(H,36,40)(H,37,39). The van der Waals surface area contributed by atoms with Crippen molar-refractivity contribution >= 4 is 35.0 Å². The van der Waals surface area contributed by atoms with Crippen molar-refractivity contribution in [2.75, 3.05) is 36.0 Å². The molecule has 2 amide bonds. The van der Waals surface area contributed by atoms with Gasteiger partial charge in [-0.1, -0.05) is 36.4 Å². The Bertz CT molecular complexity index is 1320. The largest absolute Gasteiger partial charge is 0.416 e. The van der Waals surface area contributed by atoms with Crippen molar-refractivity contribution in [3.05, 3.63) is 95.6 Å². The van der Waals surface area contributed by atoms with E-state index in [0.717, 1.165) is 49.3 Å². The topological polar surface area (TPSA) is 87.5 Å². The van der Waals surface area contributed by atoms with Crippen LogP contribution in [0.15, 0.2) is 78.9 Å². The average Bonchev–Trinajstić information content (AvgIpc) is 3.45. The highest BCUT2D eigenvalue weighted by atomic mass is 19.4. The molecule has 1 heterocycles. The summed E-state index contributed by atoms with van der Waals surface area (Å²) in [5, 5.41) is 5.52. The van der Waals surface area contributed by atoms with Crippen LogP contribution in [0.4, 0.5) is 30.2 Å². The second-order valence-corrected chi connectivity index (χ2v) is 9.88. The van der Waals surface area contributed by atoms with Crippen LogP contribution in [0.5, 0.6) is 0 Å². The first-order valence-electron chi connectivity index (χ1n) is 13.3. The van der Waals surface area contributed by atoms with Gasteiger partial charge in [-0.15, -0.1) is 0 Å². The van der Waals surface area contributed by atoms with E-state index < -0.39 is 17.7 Å². The van der Waals surface area contributed by atoms with E-state index in [1.165, 1.54) is 31.1 Å². The lowest BCUT2D eigenvalue weighted by atomic mass is 9.92. The molecule has 4 rings (SSSR count). The molecule has 1 unspecified atom stereocenters. The number of carbonyl (C=O) groups is 2. The summed E-state index contributed by atoms with van der Waals surface area (Å²) in [4.78, 5) is 28.0. The zero-order chi connectivity index (χ0) is 28.5. The van der Waals surface area contributed by atoms with Crippen LogP contribution in [0, 0.1) is 0 Å². The summed E-state index contributed by atoms with van der Waals surface area (Å²) in [6, 6.07) is 18.8. The molecule has 0 saturated carbocycles. The number of rotatable bonds is 10. The normalized spacial score (nSPS) is 14.8. The van der Waals surface area contributed by atoms with Crippen molar-refractivity contribution in [3.8, 4) is 0 Å². The number of alkyl halides is 3. The number of nitrogen functional groups attached to an aromatic ring is 1. The number of amides is 2. The fourth-order valence-corrected chi connectivity index (χ4v) is 4.74. The van der Waals surface area contributed by atoms with Gasteiger partial charge in [0.2, 0.25) is 11.8 Å². The number of nitrogens with one attached hydrogen (secondary N) is 2. The molecule has 6 nitrogen and oxygen atoms in total. The highest BCUT2D eigenvalue weighted by Gasteiger charge is 2.30. The Kier molecular flexibility index (Phi) is 9.60. The minimum absolute atomic E-state index is 0.274. The van der Waals surface area contributed by atoms with Gasteiger partial charge in [-0.2, -0.15) is 13.2 Å². The maximum atomic E-state index is 13.3. The summed E-state index contributed by atoms with van der Waals surface area (Å²) in [6.45, 7) is 3.02. The highest BCUT2D eigenvalue weighted by molar-refractivity contribution is 6.03. The van der Waals surface area contributed by atoms with Crippen molar-refractivity contribution < 1.29 is 22.8 Å². The molecule has 3 aromatic rings. The highest BCUT2D eigenvalue weighted by Crippen LogP contribution is 2.30. The number of likely N-dealkylation sites (tertiary alicyclic amines) is 1. The Morgan fingerprint density at radius 1 is 0.925 bits per heavy atom. The van der Waals surface area contributed by atoms with Crippen molar-refractivity contribution in [1.82, 2.24) is 4.90 Å². The van der Waals surface area contributed by atoms with Gasteiger partial charge >= 0.3 is 6.18 Å². The molecule has 0 aliphatic carbocycles. The number of anilines is 3. The first-order chi connectivity index (χ1) is 19.2. The maximum Gasteiger partial charge on any atom is 0.416 e. The van der Waals surface area contributed by atoms with Crippen LogP contribution in [0.2, 0.25) is 0 Å². The van der Waals surface area contributed by atoms with E-state index in [9.17, 15) is 22.8 Å². The van der Waals surface area contributed by atoms with Gasteiger partial charge in [-0.3, -0.25) is 9.59 Å². The molecule has 1 atom stereocenters. The van der Waals surface area contributed by atoms with Crippen LogP contribution < -0.4 is 16.4 Å². The van der Waals surface area contributed by atoms with E-state index in [1.807, 2.05) is 24.3 Å². The third kappa shape index (κ3) is 8.19. The zero-order valence-electron chi connectivity index (χ0n) is 22.1. The minimum atomic E-state index is -4.44. The monoisotopic (exact) mass is 550 g/mol. The van der Waals surface area contributed by atoms with Gasteiger partial charge < -0.3 is 21.3 Å². The Morgan fingerprint density at radius 3 is 2.25 bits per heavy atom. The fraction of sp³-hybridized carbons (Fsp3) is 0.290. The molecule has 0 aromatic heterocycles. The zero-order valence-corrected chi connectivity index (χ0v) is 22.1. The predicted octanol–water partition coefficient (Wildman–Crippen LogP) is 6.54. The molecular weight excluding hydrogens is 517 g/mol. The van der Waals surface area contributed by atoms with Crippen LogP contribution in [0.25, 0.3) is 6.08 Å².